The molecule has 2 aromatic carbocycles. The molecule has 0 radical (unpaired) electrons. The summed E-state index contributed by atoms with van der Waals surface area (Å²) in [4.78, 5) is 18.0. The Balaban J connectivity index is 1.32. The maximum absolute atomic E-state index is 13.1. The zero-order valence-electron chi connectivity index (χ0n) is 17.3. The molecule has 0 aromatic heterocycles. The number of hydrogen-bond acceptors (Lipinski definition) is 3. The van der Waals surface area contributed by atoms with Crippen LogP contribution in [0.15, 0.2) is 48.5 Å². The SMILES string of the molecule is CCN(C(=O)[C@@H](C)[NH+]1CC[NH+](Cc2ccc3c(c2)OCO3)CC1)c1ccccc1. The maximum atomic E-state index is 13.1. The second kappa shape index (κ2) is 8.84. The lowest BCUT2D eigenvalue weighted by Gasteiger charge is -2.34. The fraction of sp³-hybridized carbons (Fsp3) is 0.435. The van der Waals surface area contributed by atoms with E-state index in [4.69, 9.17) is 9.47 Å². The van der Waals surface area contributed by atoms with Gasteiger partial charge < -0.3 is 24.2 Å². The van der Waals surface area contributed by atoms with Gasteiger partial charge in [0.25, 0.3) is 5.91 Å². The van der Waals surface area contributed by atoms with Gasteiger partial charge in [-0.2, -0.15) is 0 Å². The summed E-state index contributed by atoms with van der Waals surface area (Å²) in [5, 5.41) is 0. The van der Waals surface area contributed by atoms with Crippen molar-refractivity contribution in [3.63, 3.8) is 0 Å². The van der Waals surface area contributed by atoms with Crippen LogP contribution in [0.4, 0.5) is 5.69 Å². The van der Waals surface area contributed by atoms with Crippen molar-refractivity contribution < 1.29 is 24.1 Å². The largest absolute Gasteiger partial charge is 0.454 e. The number of para-hydroxylation sites is 1. The molecular weight excluding hydrogens is 366 g/mol. The normalized spacial score (nSPS) is 21.6. The highest BCUT2D eigenvalue weighted by molar-refractivity contribution is 5.96. The molecule has 154 valence electrons. The van der Waals surface area contributed by atoms with Gasteiger partial charge in [-0.25, -0.2) is 0 Å². The molecule has 0 aliphatic carbocycles. The van der Waals surface area contributed by atoms with Crippen molar-refractivity contribution in [1.29, 1.82) is 0 Å². The minimum absolute atomic E-state index is 0.0257. The molecule has 0 bridgehead atoms. The zero-order valence-corrected chi connectivity index (χ0v) is 17.3. The summed E-state index contributed by atoms with van der Waals surface area (Å²) in [5.74, 6) is 1.91. The smallest absolute Gasteiger partial charge is 0.284 e. The van der Waals surface area contributed by atoms with Crippen LogP contribution in [-0.4, -0.2) is 51.5 Å². The van der Waals surface area contributed by atoms with Gasteiger partial charge in [0.1, 0.15) is 32.7 Å². The van der Waals surface area contributed by atoms with Crippen molar-refractivity contribution in [2.75, 3.05) is 44.4 Å². The van der Waals surface area contributed by atoms with E-state index < -0.39 is 0 Å². The second-order valence-electron chi connectivity index (χ2n) is 7.91. The second-order valence-corrected chi connectivity index (χ2v) is 7.91. The van der Waals surface area contributed by atoms with Crippen molar-refractivity contribution in [2.24, 2.45) is 0 Å². The number of benzene rings is 2. The molecule has 1 saturated heterocycles. The highest BCUT2D eigenvalue weighted by Crippen LogP contribution is 2.32. The van der Waals surface area contributed by atoms with Crippen LogP contribution in [-0.2, 0) is 11.3 Å². The van der Waals surface area contributed by atoms with Gasteiger partial charge in [-0.15, -0.1) is 0 Å². The predicted octanol–water partition coefficient (Wildman–Crippen LogP) is 0.140. The van der Waals surface area contributed by atoms with Crippen LogP contribution in [0.3, 0.4) is 0 Å². The number of ether oxygens (including phenoxy) is 2. The van der Waals surface area contributed by atoms with Crippen molar-refractivity contribution >= 4 is 11.6 Å². The molecule has 0 spiro atoms. The van der Waals surface area contributed by atoms with E-state index in [1.165, 1.54) is 10.5 Å². The van der Waals surface area contributed by atoms with Crippen LogP contribution in [0, 0.1) is 0 Å². The van der Waals surface area contributed by atoms with E-state index in [1.807, 2.05) is 48.2 Å². The molecule has 1 atom stereocenters. The maximum Gasteiger partial charge on any atom is 0.284 e. The van der Waals surface area contributed by atoms with Gasteiger partial charge >= 0.3 is 0 Å². The van der Waals surface area contributed by atoms with E-state index in [9.17, 15) is 4.79 Å². The first-order valence-electron chi connectivity index (χ1n) is 10.6. The average molecular weight is 398 g/mol. The van der Waals surface area contributed by atoms with Gasteiger partial charge in [-0.1, -0.05) is 18.2 Å². The van der Waals surface area contributed by atoms with Crippen molar-refractivity contribution in [2.45, 2.75) is 26.4 Å². The molecule has 1 amide bonds. The molecule has 6 nitrogen and oxygen atoms in total. The Labute approximate surface area is 172 Å². The first-order valence-corrected chi connectivity index (χ1v) is 10.6. The van der Waals surface area contributed by atoms with Gasteiger partial charge in [0.2, 0.25) is 6.79 Å². The predicted molar refractivity (Wildman–Crippen MR) is 112 cm³/mol. The average Bonchev–Trinajstić information content (AvgIpc) is 3.23. The van der Waals surface area contributed by atoms with Crippen molar-refractivity contribution in [3.8, 4) is 11.5 Å². The Morgan fingerprint density at radius 1 is 1.03 bits per heavy atom. The van der Waals surface area contributed by atoms with Gasteiger partial charge in [0.15, 0.2) is 17.5 Å². The monoisotopic (exact) mass is 397 g/mol. The topological polar surface area (TPSA) is 47.7 Å². The third kappa shape index (κ3) is 4.38. The van der Waals surface area contributed by atoms with Crippen LogP contribution in [0.1, 0.15) is 19.4 Å². The molecular formula is C23H31N3O3+2. The first kappa shape index (κ1) is 19.7. The minimum atomic E-state index is -0.0257. The number of amides is 1. The van der Waals surface area contributed by atoms with Gasteiger partial charge in [-0.05, 0) is 44.2 Å². The van der Waals surface area contributed by atoms with Crippen LogP contribution >= 0.6 is 0 Å². The Morgan fingerprint density at radius 3 is 2.48 bits per heavy atom. The zero-order chi connectivity index (χ0) is 20.2. The fourth-order valence-corrected chi connectivity index (χ4v) is 4.36. The van der Waals surface area contributed by atoms with Gasteiger partial charge in [0.05, 0.1) is 0 Å². The lowest BCUT2D eigenvalue weighted by molar-refractivity contribution is -1.02. The van der Waals surface area contributed by atoms with E-state index in [0.717, 1.165) is 49.9 Å². The summed E-state index contributed by atoms with van der Waals surface area (Å²) in [6.45, 7) is 10.3. The number of nitrogens with zero attached hydrogens (tertiary/aromatic N) is 1. The summed E-state index contributed by atoms with van der Waals surface area (Å²) in [6.07, 6.45) is 0. The number of rotatable bonds is 6. The molecule has 2 heterocycles. The fourth-order valence-electron chi connectivity index (χ4n) is 4.36. The van der Waals surface area contributed by atoms with Crippen LogP contribution in [0.25, 0.3) is 0 Å². The van der Waals surface area contributed by atoms with E-state index in [0.29, 0.717) is 13.3 Å². The standard InChI is InChI=1S/C23H29N3O3/c1-3-26(20-7-5-4-6-8-20)23(27)18(2)25-13-11-24(12-14-25)16-19-9-10-21-22(15-19)29-17-28-21/h4-10,15,18H,3,11-14,16-17H2,1-2H3/p+2/t18-/m1/s1. The number of nitrogens with one attached hydrogen (secondary N) is 2. The Bertz CT molecular complexity index is 835. The molecule has 2 aromatic rings. The van der Waals surface area contributed by atoms with Crippen molar-refractivity contribution in [3.05, 3.63) is 54.1 Å². The number of likely N-dealkylation sites (N-methyl/N-ethyl adjacent to an activating group) is 1. The molecule has 2 aliphatic rings. The van der Waals surface area contributed by atoms with E-state index >= 15 is 0 Å². The molecule has 0 unspecified atom stereocenters. The Kier molecular flexibility index (Phi) is 6.02. The lowest BCUT2D eigenvalue weighted by atomic mass is 10.1. The summed E-state index contributed by atoms with van der Waals surface area (Å²) in [5.41, 5.74) is 2.26. The molecule has 29 heavy (non-hydrogen) atoms. The highest BCUT2D eigenvalue weighted by atomic mass is 16.7. The van der Waals surface area contributed by atoms with E-state index in [-0.39, 0.29) is 11.9 Å². The van der Waals surface area contributed by atoms with Crippen LogP contribution in [0.2, 0.25) is 0 Å². The first-order chi connectivity index (χ1) is 14.2. The number of piperazine rings is 1. The summed E-state index contributed by atoms with van der Waals surface area (Å²) in [6, 6.07) is 16.2. The molecule has 6 heteroatoms. The third-order valence-corrected chi connectivity index (χ3v) is 6.12. The van der Waals surface area contributed by atoms with E-state index in [2.05, 4.69) is 19.1 Å². The quantitative estimate of drug-likeness (QED) is 0.729. The molecule has 2 N–H and O–H groups in total. The Hall–Kier alpha value is -2.57. The summed E-state index contributed by atoms with van der Waals surface area (Å²) >= 11 is 0. The number of anilines is 1. The van der Waals surface area contributed by atoms with Crippen LogP contribution < -0.4 is 24.2 Å². The number of carbonyl (C=O) groups excluding carboxylic acids is 1. The highest BCUT2D eigenvalue weighted by Gasteiger charge is 2.33. The number of quaternary nitrogens is 2. The van der Waals surface area contributed by atoms with Crippen LogP contribution in [0.5, 0.6) is 11.5 Å². The minimum Gasteiger partial charge on any atom is -0.454 e. The number of carbonyl (C=O) groups is 1. The number of fused-ring (bicyclic) bond motifs is 1. The van der Waals surface area contributed by atoms with Crippen molar-refractivity contribution in [1.82, 2.24) is 0 Å². The summed E-state index contributed by atoms with van der Waals surface area (Å²) < 4.78 is 10.9. The molecule has 4 rings (SSSR count). The molecule has 2 aliphatic heterocycles. The Morgan fingerprint density at radius 2 is 1.76 bits per heavy atom. The summed E-state index contributed by atoms with van der Waals surface area (Å²) in [7, 11) is 0. The van der Waals surface area contributed by atoms with Gasteiger partial charge in [0, 0.05) is 17.8 Å². The van der Waals surface area contributed by atoms with E-state index in [1.54, 1.807) is 4.90 Å². The number of hydrogen-bond donors (Lipinski definition) is 2. The molecule has 1 fully saturated rings. The third-order valence-electron chi connectivity index (χ3n) is 6.12. The van der Waals surface area contributed by atoms with Gasteiger partial charge in [-0.3, -0.25) is 4.79 Å². The molecule has 0 saturated carbocycles. The lowest BCUT2D eigenvalue weighted by Crippen LogP contribution is -3.29.